The Balaban J connectivity index is 1.24. The van der Waals surface area contributed by atoms with Gasteiger partial charge in [0.2, 0.25) is 0 Å². The highest BCUT2D eigenvalue weighted by molar-refractivity contribution is 7.99. The zero-order valence-electron chi connectivity index (χ0n) is 26.1. The Bertz CT molecular complexity index is 2410. The molecule has 224 valence electrons. The maximum atomic E-state index is 2.56. The molecule has 2 atom stereocenters. The van der Waals surface area contributed by atoms with Crippen LogP contribution in [-0.2, 0) is 5.41 Å². The topological polar surface area (TPSA) is 0 Å². The summed E-state index contributed by atoms with van der Waals surface area (Å²) in [6.45, 7) is 2.27. The van der Waals surface area contributed by atoms with Gasteiger partial charge < -0.3 is 0 Å². The molecule has 0 fully saturated rings. The standard InChI is InChI=1S/C45H32S2/c1-28-25-34-33-17-7-11-21-40(33)47-44(34)35(26-28)43(29-13-3-2-4-14-29)30-23-24-39-42(27-30)46-41-22-12-10-20-38(41)45(39)36-18-8-5-15-31(36)32-16-6-9-19-37(32)45/h2-13,15-27,29,43H,14H2,1H3/t29?,43-/m0/s1. The van der Waals surface area contributed by atoms with E-state index in [0.717, 1.165) is 6.42 Å². The van der Waals surface area contributed by atoms with Crippen LogP contribution < -0.4 is 0 Å². The molecule has 3 aliphatic rings. The summed E-state index contributed by atoms with van der Waals surface area (Å²) in [7, 11) is 0. The molecule has 0 amide bonds. The van der Waals surface area contributed by atoms with E-state index in [1.807, 2.05) is 23.1 Å². The van der Waals surface area contributed by atoms with Crippen molar-refractivity contribution >= 4 is 43.3 Å². The van der Waals surface area contributed by atoms with E-state index in [4.69, 9.17) is 0 Å². The first-order chi connectivity index (χ1) is 23.2. The molecule has 1 aromatic heterocycles. The molecule has 6 aromatic carbocycles. The largest absolute Gasteiger partial charge is 0.135 e. The summed E-state index contributed by atoms with van der Waals surface area (Å²) in [5.41, 5.74) is 12.1. The minimum atomic E-state index is -0.339. The molecule has 0 saturated carbocycles. The number of allylic oxidation sites excluding steroid dienone is 4. The van der Waals surface area contributed by atoms with Crippen molar-refractivity contribution in [3.8, 4) is 11.1 Å². The molecule has 47 heavy (non-hydrogen) atoms. The van der Waals surface area contributed by atoms with E-state index in [0.29, 0.717) is 5.92 Å². The van der Waals surface area contributed by atoms with Crippen LogP contribution >= 0.6 is 23.1 Å². The van der Waals surface area contributed by atoms with Crippen molar-refractivity contribution in [1.29, 1.82) is 0 Å². The lowest BCUT2D eigenvalue weighted by Gasteiger charge is -2.40. The van der Waals surface area contributed by atoms with Crippen molar-refractivity contribution in [2.45, 2.75) is 34.5 Å². The summed E-state index contributed by atoms with van der Waals surface area (Å²) in [5, 5.41) is 2.76. The third-order valence-corrected chi connectivity index (χ3v) is 13.0. The van der Waals surface area contributed by atoms with Gasteiger partial charge in [-0.3, -0.25) is 0 Å². The Morgan fingerprint density at radius 3 is 2.13 bits per heavy atom. The molecule has 2 aliphatic carbocycles. The Hall–Kier alpha value is -4.63. The van der Waals surface area contributed by atoms with Gasteiger partial charge in [-0.2, -0.15) is 0 Å². The number of rotatable bonds is 3. The molecule has 0 nitrogen and oxygen atoms in total. The molecule has 10 rings (SSSR count). The van der Waals surface area contributed by atoms with Gasteiger partial charge in [0.25, 0.3) is 0 Å². The second-order valence-electron chi connectivity index (χ2n) is 13.2. The van der Waals surface area contributed by atoms with Gasteiger partial charge in [-0.25, -0.2) is 0 Å². The van der Waals surface area contributed by atoms with Gasteiger partial charge in [0, 0.05) is 35.9 Å². The highest BCUT2D eigenvalue weighted by Gasteiger charge is 2.50. The van der Waals surface area contributed by atoms with Gasteiger partial charge in [-0.15, -0.1) is 11.3 Å². The van der Waals surface area contributed by atoms with Crippen molar-refractivity contribution < 1.29 is 0 Å². The summed E-state index contributed by atoms with van der Waals surface area (Å²) < 4.78 is 2.79. The smallest absolute Gasteiger partial charge is 0.0735 e. The summed E-state index contributed by atoms with van der Waals surface area (Å²) >= 11 is 3.90. The molecule has 1 aliphatic heterocycles. The van der Waals surface area contributed by atoms with E-state index < -0.39 is 0 Å². The van der Waals surface area contributed by atoms with Crippen molar-refractivity contribution in [2.75, 3.05) is 0 Å². The zero-order chi connectivity index (χ0) is 31.1. The van der Waals surface area contributed by atoms with Crippen LogP contribution in [0.3, 0.4) is 0 Å². The molecule has 1 unspecified atom stereocenters. The maximum Gasteiger partial charge on any atom is 0.0735 e. The highest BCUT2D eigenvalue weighted by atomic mass is 32.2. The van der Waals surface area contributed by atoms with Crippen molar-refractivity contribution in [2.24, 2.45) is 5.92 Å². The van der Waals surface area contributed by atoms with Crippen LogP contribution in [0.25, 0.3) is 31.3 Å². The van der Waals surface area contributed by atoms with E-state index in [1.165, 1.54) is 80.0 Å². The molecular formula is C45H32S2. The van der Waals surface area contributed by atoms with E-state index in [1.54, 1.807) is 0 Å². The molecule has 0 bridgehead atoms. The van der Waals surface area contributed by atoms with Crippen LogP contribution in [0.4, 0.5) is 0 Å². The van der Waals surface area contributed by atoms with Gasteiger partial charge in [-0.05, 0) is 88.0 Å². The lowest BCUT2D eigenvalue weighted by atomic mass is 9.67. The fraction of sp³-hybridized carbons (Fsp3) is 0.111. The summed E-state index contributed by atoms with van der Waals surface area (Å²) in [6, 6.07) is 48.6. The van der Waals surface area contributed by atoms with Crippen molar-refractivity contribution in [1.82, 2.24) is 0 Å². The quantitative estimate of drug-likeness (QED) is 0.186. The predicted molar refractivity (Wildman–Crippen MR) is 200 cm³/mol. The normalized spacial score (nSPS) is 17.4. The van der Waals surface area contributed by atoms with Gasteiger partial charge >= 0.3 is 0 Å². The van der Waals surface area contributed by atoms with Crippen LogP contribution in [-0.4, -0.2) is 0 Å². The average Bonchev–Trinajstić information content (AvgIpc) is 3.63. The second-order valence-corrected chi connectivity index (χ2v) is 15.4. The number of hydrogen-bond acceptors (Lipinski definition) is 2. The third-order valence-electron chi connectivity index (χ3n) is 10.7. The summed E-state index contributed by atoms with van der Waals surface area (Å²) in [5.74, 6) is 0.630. The maximum absolute atomic E-state index is 2.56. The number of aryl methyl sites for hydroxylation is 1. The fourth-order valence-corrected chi connectivity index (χ4v) is 11.3. The lowest BCUT2D eigenvalue weighted by Crippen LogP contribution is -2.32. The molecular weight excluding hydrogens is 605 g/mol. The van der Waals surface area contributed by atoms with E-state index in [2.05, 4.69) is 159 Å². The van der Waals surface area contributed by atoms with Gasteiger partial charge in [0.05, 0.1) is 5.41 Å². The average molecular weight is 637 g/mol. The Morgan fingerprint density at radius 1 is 0.638 bits per heavy atom. The predicted octanol–water partition coefficient (Wildman–Crippen LogP) is 12.5. The van der Waals surface area contributed by atoms with Crippen molar-refractivity contribution in [3.05, 3.63) is 191 Å². The van der Waals surface area contributed by atoms with Crippen LogP contribution in [0.1, 0.15) is 51.3 Å². The fourth-order valence-electron chi connectivity index (χ4n) is 8.81. The lowest BCUT2D eigenvalue weighted by molar-refractivity contribution is 0.574. The number of fused-ring (bicyclic) bond motifs is 12. The van der Waals surface area contributed by atoms with Crippen LogP contribution in [0, 0.1) is 12.8 Å². The first-order valence-corrected chi connectivity index (χ1v) is 18.2. The Labute approximate surface area is 284 Å². The Morgan fingerprint density at radius 2 is 1.34 bits per heavy atom. The van der Waals surface area contributed by atoms with E-state index >= 15 is 0 Å². The minimum absolute atomic E-state index is 0.244. The van der Waals surface area contributed by atoms with Crippen LogP contribution in [0.2, 0.25) is 0 Å². The number of thiophene rings is 1. The van der Waals surface area contributed by atoms with Gasteiger partial charge in [0.15, 0.2) is 0 Å². The third kappa shape index (κ3) is 3.89. The first-order valence-electron chi connectivity index (χ1n) is 16.6. The zero-order valence-corrected chi connectivity index (χ0v) is 27.7. The SMILES string of the molecule is Cc1cc([C@H](c2ccc3c(c2)Sc2ccccc2C32c3ccccc3-c3ccccc32)C2C=CC=CC2)c2sc3ccccc3c2c1. The molecule has 2 heteroatoms. The Kier molecular flexibility index (Phi) is 6.10. The summed E-state index contributed by atoms with van der Waals surface area (Å²) in [6.07, 6.45) is 10.3. The van der Waals surface area contributed by atoms with Crippen LogP contribution in [0.15, 0.2) is 161 Å². The molecule has 7 aromatic rings. The van der Waals surface area contributed by atoms with Crippen LogP contribution in [0.5, 0.6) is 0 Å². The van der Waals surface area contributed by atoms with Crippen molar-refractivity contribution in [3.63, 3.8) is 0 Å². The highest BCUT2D eigenvalue weighted by Crippen LogP contribution is 2.62. The molecule has 0 radical (unpaired) electrons. The molecule has 2 heterocycles. The number of hydrogen-bond donors (Lipinski definition) is 0. The van der Waals surface area contributed by atoms with E-state index in [9.17, 15) is 0 Å². The first kappa shape index (κ1) is 27.5. The molecule has 0 N–H and O–H groups in total. The molecule has 0 saturated heterocycles. The molecule has 1 spiro atoms. The number of benzene rings is 6. The second kappa shape index (κ2) is 10.4. The summed E-state index contributed by atoms with van der Waals surface area (Å²) in [4.78, 5) is 2.72. The minimum Gasteiger partial charge on any atom is -0.135 e. The van der Waals surface area contributed by atoms with Gasteiger partial charge in [-0.1, -0.05) is 145 Å². The van der Waals surface area contributed by atoms with Gasteiger partial charge in [0.1, 0.15) is 0 Å². The van der Waals surface area contributed by atoms with E-state index in [-0.39, 0.29) is 11.3 Å². The monoisotopic (exact) mass is 636 g/mol.